The van der Waals surface area contributed by atoms with E-state index in [4.69, 9.17) is 10.5 Å². The SMILES string of the molecule is COc1ccc(C(CN)C(O)CCCc2cccs2)cc1. The standard InChI is InChI=1S/C17H23NO2S/c1-20-14-9-7-13(8-10-14)16(12-18)17(19)6-2-4-15-5-3-11-21-15/h3,5,7-11,16-17,19H,2,4,6,12,18H2,1H3. The van der Waals surface area contributed by atoms with Crippen LogP contribution in [0.3, 0.4) is 0 Å². The maximum Gasteiger partial charge on any atom is 0.118 e. The molecule has 1 heterocycles. The van der Waals surface area contributed by atoms with Gasteiger partial charge in [0.2, 0.25) is 0 Å². The smallest absolute Gasteiger partial charge is 0.118 e. The van der Waals surface area contributed by atoms with Crippen LogP contribution in [0, 0.1) is 0 Å². The Morgan fingerprint density at radius 2 is 2.00 bits per heavy atom. The largest absolute Gasteiger partial charge is 0.497 e. The summed E-state index contributed by atoms with van der Waals surface area (Å²) in [6, 6.07) is 12.0. The number of benzene rings is 1. The van der Waals surface area contributed by atoms with Gasteiger partial charge in [0.05, 0.1) is 13.2 Å². The molecule has 0 aliphatic carbocycles. The number of methoxy groups -OCH3 is 1. The van der Waals surface area contributed by atoms with E-state index in [1.165, 1.54) is 4.88 Å². The number of ether oxygens (including phenoxy) is 1. The molecule has 3 N–H and O–H groups in total. The molecule has 0 amide bonds. The van der Waals surface area contributed by atoms with Crippen molar-refractivity contribution in [2.24, 2.45) is 5.73 Å². The number of hydrogen-bond donors (Lipinski definition) is 2. The van der Waals surface area contributed by atoms with Crippen molar-refractivity contribution in [1.82, 2.24) is 0 Å². The van der Waals surface area contributed by atoms with Gasteiger partial charge in [-0.25, -0.2) is 0 Å². The molecule has 2 rings (SSSR count). The molecular formula is C17H23NO2S. The lowest BCUT2D eigenvalue weighted by molar-refractivity contribution is 0.133. The van der Waals surface area contributed by atoms with E-state index in [1.807, 2.05) is 24.3 Å². The number of rotatable bonds is 8. The highest BCUT2D eigenvalue weighted by Gasteiger charge is 2.19. The molecule has 0 spiro atoms. The van der Waals surface area contributed by atoms with E-state index in [-0.39, 0.29) is 5.92 Å². The summed E-state index contributed by atoms with van der Waals surface area (Å²) < 4.78 is 5.16. The maximum absolute atomic E-state index is 10.4. The highest BCUT2D eigenvalue weighted by molar-refractivity contribution is 7.09. The predicted octanol–water partition coefficient (Wildman–Crippen LogP) is 3.18. The zero-order valence-corrected chi connectivity index (χ0v) is 13.2. The Bertz CT molecular complexity index is 510. The van der Waals surface area contributed by atoms with Crippen molar-refractivity contribution >= 4 is 11.3 Å². The number of aryl methyl sites for hydroxylation is 1. The summed E-state index contributed by atoms with van der Waals surface area (Å²) in [5.41, 5.74) is 6.92. The first-order valence-electron chi connectivity index (χ1n) is 7.29. The third-order valence-corrected chi connectivity index (χ3v) is 4.70. The Kier molecular flexibility index (Phi) is 6.23. The molecule has 0 fully saturated rings. The van der Waals surface area contributed by atoms with Crippen molar-refractivity contribution < 1.29 is 9.84 Å². The Morgan fingerprint density at radius 3 is 2.57 bits per heavy atom. The lowest BCUT2D eigenvalue weighted by Crippen LogP contribution is -2.26. The van der Waals surface area contributed by atoms with Crippen LogP contribution in [0.5, 0.6) is 5.75 Å². The molecule has 4 heteroatoms. The van der Waals surface area contributed by atoms with Crippen LogP contribution >= 0.6 is 11.3 Å². The van der Waals surface area contributed by atoms with Gasteiger partial charge >= 0.3 is 0 Å². The molecule has 21 heavy (non-hydrogen) atoms. The average molecular weight is 305 g/mol. The van der Waals surface area contributed by atoms with Crippen molar-refractivity contribution in [3.63, 3.8) is 0 Å². The van der Waals surface area contributed by atoms with Gasteiger partial charge in [0.15, 0.2) is 0 Å². The van der Waals surface area contributed by atoms with E-state index in [2.05, 4.69) is 17.5 Å². The predicted molar refractivity (Wildman–Crippen MR) is 88.1 cm³/mol. The molecule has 2 unspecified atom stereocenters. The summed E-state index contributed by atoms with van der Waals surface area (Å²) in [6.45, 7) is 0.451. The number of nitrogens with two attached hydrogens (primary N) is 1. The van der Waals surface area contributed by atoms with Gasteiger partial charge in [-0.1, -0.05) is 18.2 Å². The van der Waals surface area contributed by atoms with Gasteiger partial charge in [0.25, 0.3) is 0 Å². The van der Waals surface area contributed by atoms with Gasteiger partial charge in [-0.05, 0) is 48.4 Å². The number of thiophene rings is 1. The normalized spacial score (nSPS) is 13.9. The van der Waals surface area contributed by atoms with Crippen molar-refractivity contribution in [2.45, 2.75) is 31.3 Å². The maximum atomic E-state index is 10.4. The summed E-state index contributed by atoms with van der Waals surface area (Å²) in [7, 11) is 1.65. The first-order valence-corrected chi connectivity index (χ1v) is 8.17. The highest BCUT2D eigenvalue weighted by Crippen LogP contribution is 2.24. The topological polar surface area (TPSA) is 55.5 Å². The van der Waals surface area contributed by atoms with E-state index < -0.39 is 6.10 Å². The van der Waals surface area contributed by atoms with E-state index in [0.29, 0.717) is 6.54 Å². The molecule has 2 atom stereocenters. The van der Waals surface area contributed by atoms with Crippen molar-refractivity contribution in [3.05, 3.63) is 52.2 Å². The number of hydrogen-bond acceptors (Lipinski definition) is 4. The van der Waals surface area contributed by atoms with E-state index in [0.717, 1.165) is 30.6 Å². The van der Waals surface area contributed by atoms with E-state index >= 15 is 0 Å². The highest BCUT2D eigenvalue weighted by atomic mass is 32.1. The molecule has 0 aliphatic heterocycles. The number of aliphatic hydroxyl groups is 1. The van der Waals surface area contributed by atoms with Crippen LogP contribution in [0.15, 0.2) is 41.8 Å². The Balaban J connectivity index is 1.89. The Morgan fingerprint density at radius 1 is 1.24 bits per heavy atom. The third-order valence-electron chi connectivity index (χ3n) is 3.77. The summed E-state index contributed by atoms with van der Waals surface area (Å²) in [6.07, 6.45) is 2.37. The van der Waals surface area contributed by atoms with Crippen LogP contribution in [0.2, 0.25) is 0 Å². The summed E-state index contributed by atoms with van der Waals surface area (Å²) in [5, 5.41) is 12.5. The molecular weight excluding hydrogens is 282 g/mol. The Hall–Kier alpha value is -1.36. The van der Waals surface area contributed by atoms with Crippen molar-refractivity contribution in [2.75, 3.05) is 13.7 Å². The first-order chi connectivity index (χ1) is 10.2. The second kappa shape index (κ2) is 8.17. The lowest BCUT2D eigenvalue weighted by Gasteiger charge is -2.22. The molecule has 0 bridgehead atoms. The molecule has 1 aromatic carbocycles. The van der Waals surface area contributed by atoms with Crippen LogP contribution in [0.25, 0.3) is 0 Å². The van der Waals surface area contributed by atoms with Gasteiger partial charge < -0.3 is 15.6 Å². The molecule has 2 aromatic rings. The van der Waals surface area contributed by atoms with Crippen molar-refractivity contribution in [3.8, 4) is 5.75 Å². The van der Waals surface area contributed by atoms with Gasteiger partial charge in [-0.3, -0.25) is 0 Å². The van der Waals surface area contributed by atoms with Crippen molar-refractivity contribution in [1.29, 1.82) is 0 Å². The van der Waals surface area contributed by atoms with Crippen LogP contribution in [-0.4, -0.2) is 24.9 Å². The van der Waals surface area contributed by atoms with Gasteiger partial charge in [0.1, 0.15) is 5.75 Å². The van der Waals surface area contributed by atoms with Crippen LogP contribution in [0.1, 0.15) is 29.2 Å². The molecule has 0 aliphatic rings. The summed E-state index contributed by atoms with van der Waals surface area (Å²) >= 11 is 1.77. The minimum absolute atomic E-state index is 0.0146. The minimum Gasteiger partial charge on any atom is -0.497 e. The van der Waals surface area contributed by atoms with Gasteiger partial charge in [0, 0.05) is 17.3 Å². The molecule has 0 saturated carbocycles. The fourth-order valence-electron chi connectivity index (χ4n) is 2.51. The molecule has 114 valence electrons. The van der Waals surface area contributed by atoms with E-state index in [9.17, 15) is 5.11 Å². The first kappa shape index (κ1) is 16.0. The monoisotopic (exact) mass is 305 g/mol. The zero-order valence-electron chi connectivity index (χ0n) is 12.4. The third kappa shape index (κ3) is 4.56. The second-order valence-electron chi connectivity index (χ2n) is 5.15. The quantitative estimate of drug-likeness (QED) is 0.787. The fourth-order valence-corrected chi connectivity index (χ4v) is 3.26. The zero-order chi connectivity index (χ0) is 15.1. The molecule has 0 saturated heterocycles. The second-order valence-corrected chi connectivity index (χ2v) is 6.19. The molecule has 1 aromatic heterocycles. The summed E-state index contributed by atoms with van der Waals surface area (Å²) in [4.78, 5) is 1.37. The fraction of sp³-hybridized carbons (Fsp3) is 0.412. The van der Waals surface area contributed by atoms with Gasteiger partial charge in [-0.15, -0.1) is 11.3 Å². The minimum atomic E-state index is -0.400. The lowest BCUT2D eigenvalue weighted by atomic mass is 9.90. The molecule has 3 nitrogen and oxygen atoms in total. The van der Waals surface area contributed by atoms with Gasteiger partial charge in [-0.2, -0.15) is 0 Å². The number of aliphatic hydroxyl groups excluding tert-OH is 1. The Labute approximate surface area is 130 Å². The van der Waals surface area contributed by atoms with Crippen LogP contribution in [-0.2, 0) is 6.42 Å². The van der Waals surface area contributed by atoms with Crippen LogP contribution in [0.4, 0.5) is 0 Å². The summed E-state index contributed by atoms with van der Waals surface area (Å²) in [5.74, 6) is 0.806. The van der Waals surface area contributed by atoms with E-state index in [1.54, 1.807) is 18.4 Å². The van der Waals surface area contributed by atoms with Crippen LogP contribution < -0.4 is 10.5 Å². The average Bonchev–Trinajstić information content (AvgIpc) is 3.02. The molecule has 0 radical (unpaired) electrons.